The molecule has 5 nitrogen and oxygen atoms in total. The maximum absolute atomic E-state index is 13.0. The van der Waals surface area contributed by atoms with Crippen molar-refractivity contribution in [2.24, 2.45) is 0 Å². The summed E-state index contributed by atoms with van der Waals surface area (Å²) in [5.74, 6) is -0.997. The van der Waals surface area contributed by atoms with Crippen LogP contribution in [-0.2, 0) is 20.7 Å². The highest BCUT2D eigenvalue weighted by molar-refractivity contribution is 5.94. The summed E-state index contributed by atoms with van der Waals surface area (Å²) in [4.78, 5) is 23.6. The van der Waals surface area contributed by atoms with E-state index >= 15 is 0 Å². The minimum Gasteiger partial charge on any atom is -0.495 e. The van der Waals surface area contributed by atoms with Gasteiger partial charge in [-0.2, -0.15) is 0 Å². The monoisotopic (exact) mass is 331 g/mol. The Morgan fingerprint density at radius 3 is 2.67 bits per heavy atom. The molecule has 6 heteroatoms. The molecule has 2 rings (SSSR count). The number of benzene rings is 2. The molecule has 126 valence electrons. The quantitative estimate of drug-likeness (QED) is 0.827. The van der Waals surface area contributed by atoms with Crippen molar-refractivity contribution < 1.29 is 23.5 Å². The number of hydrogen-bond donors (Lipinski definition) is 1. The molecule has 0 saturated carbocycles. The SMILES string of the molecule is COc1ccc(C)cc1NC(=O)COC(=O)Cc1cccc(F)c1. The van der Waals surface area contributed by atoms with Crippen molar-refractivity contribution in [3.63, 3.8) is 0 Å². The lowest BCUT2D eigenvalue weighted by Gasteiger charge is -2.11. The molecule has 0 saturated heterocycles. The molecule has 24 heavy (non-hydrogen) atoms. The van der Waals surface area contributed by atoms with Gasteiger partial charge in [-0.25, -0.2) is 4.39 Å². The summed E-state index contributed by atoms with van der Waals surface area (Å²) >= 11 is 0. The van der Waals surface area contributed by atoms with Gasteiger partial charge < -0.3 is 14.8 Å². The zero-order chi connectivity index (χ0) is 17.5. The van der Waals surface area contributed by atoms with E-state index in [1.807, 2.05) is 13.0 Å². The molecule has 0 atom stereocenters. The van der Waals surface area contributed by atoms with Gasteiger partial charge in [0.05, 0.1) is 19.2 Å². The second-order valence-electron chi connectivity index (χ2n) is 5.22. The fourth-order valence-electron chi connectivity index (χ4n) is 2.12. The van der Waals surface area contributed by atoms with Gasteiger partial charge in [0.2, 0.25) is 0 Å². The number of hydrogen-bond acceptors (Lipinski definition) is 4. The van der Waals surface area contributed by atoms with Gasteiger partial charge in [-0.15, -0.1) is 0 Å². The zero-order valence-corrected chi connectivity index (χ0v) is 13.5. The molecule has 0 aliphatic carbocycles. The Bertz CT molecular complexity index is 746. The van der Waals surface area contributed by atoms with E-state index in [9.17, 15) is 14.0 Å². The Balaban J connectivity index is 1.87. The normalized spacial score (nSPS) is 10.1. The number of methoxy groups -OCH3 is 1. The standard InChI is InChI=1S/C18H18FNO4/c1-12-6-7-16(23-2)15(8-12)20-17(21)11-24-18(22)10-13-4-3-5-14(19)9-13/h3-9H,10-11H2,1-2H3,(H,20,21). The Morgan fingerprint density at radius 1 is 1.17 bits per heavy atom. The van der Waals surface area contributed by atoms with Gasteiger partial charge in [0.25, 0.3) is 5.91 Å². The molecule has 0 aliphatic heterocycles. The fraction of sp³-hybridized carbons (Fsp3) is 0.222. The first kappa shape index (κ1) is 17.5. The minimum atomic E-state index is -0.605. The molecule has 2 aromatic rings. The average molecular weight is 331 g/mol. The summed E-state index contributed by atoms with van der Waals surface area (Å²) in [5.41, 5.74) is 1.94. The fourth-order valence-corrected chi connectivity index (χ4v) is 2.12. The Hall–Kier alpha value is -2.89. The number of carbonyl (C=O) groups excluding carboxylic acids is 2. The van der Waals surface area contributed by atoms with E-state index in [2.05, 4.69) is 5.32 Å². The van der Waals surface area contributed by atoms with E-state index in [1.165, 1.54) is 25.3 Å². The zero-order valence-electron chi connectivity index (χ0n) is 13.5. The van der Waals surface area contributed by atoms with Gasteiger partial charge in [0, 0.05) is 0 Å². The van der Waals surface area contributed by atoms with E-state index in [0.717, 1.165) is 5.56 Å². The highest BCUT2D eigenvalue weighted by Crippen LogP contribution is 2.25. The maximum Gasteiger partial charge on any atom is 0.310 e. The number of ether oxygens (including phenoxy) is 2. The number of nitrogens with one attached hydrogen (secondary N) is 1. The summed E-state index contributed by atoms with van der Waals surface area (Å²) in [6, 6.07) is 11.0. The number of aryl methyl sites for hydroxylation is 1. The van der Waals surface area contributed by atoms with Crippen LogP contribution in [0, 0.1) is 12.7 Å². The minimum absolute atomic E-state index is 0.0984. The molecule has 0 spiro atoms. The second-order valence-corrected chi connectivity index (χ2v) is 5.22. The van der Waals surface area contributed by atoms with Crippen LogP contribution in [0.2, 0.25) is 0 Å². The van der Waals surface area contributed by atoms with Gasteiger partial charge in [-0.3, -0.25) is 9.59 Å². The predicted molar refractivity (Wildman–Crippen MR) is 87.4 cm³/mol. The van der Waals surface area contributed by atoms with E-state index in [-0.39, 0.29) is 6.42 Å². The molecule has 0 fully saturated rings. The van der Waals surface area contributed by atoms with E-state index in [4.69, 9.17) is 9.47 Å². The summed E-state index contributed by atoms with van der Waals surface area (Å²) in [6.45, 7) is 1.46. The third-order valence-corrected chi connectivity index (χ3v) is 3.23. The third-order valence-electron chi connectivity index (χ3n) is 3.23. The van der Waals surface area contributed by atoms with Crippen molar-refractivity contribution in [2.75, 3.05) is 19.0 Å². The molecule has 1 amide bonds. The van der Waals surface area contributed by atoms with Crippen LogP contribution < -0.4 is 10.1 Å². The first-order chi connectivity index (χ1) is 11.5. The first-order valence-electron chi connectivity index (χ1n) is 7.32. The lowest BCUT2D eigenvalue weighted by Crippen LogP contribution is -2.22. The van der Waals surface area contributed by atoms with Crippen LogP contribution in [0.25, 0.3) is 0 Å². The molecule has 2 aromatic carbocycles. The number of rotatable bonds is 6. The van der Waals surface area contributed by atoms with Gasteiger partial charge >= 0.3 is 5.97 Å². The van der Waals surface area contributed by atoms with Gasteiger partial charge in [-0.1, -0.05) is 18.2 Å². The van der Waals surface area contributed by atoms with Crippen LogP contribution in [0.3, 0.4) is 0 Å². The van der Waals surface area contributed by atoms with Crippen LogP contribution in [0.15, 0.2) is 42.5 Å². The largest absolute Gasteiger partial charge is 0.495 e. The van der Waals surface area contributed by atoms with Crippen LogP contribution in [0.5, 0.6) is 5.75 Å². The number of halogens is 1. The molecule has 0 bridgehead atoms. The molecule has 0 aliphatic rings. The summed E-state index contributed by atoms with van der Waals surface area (Å²) < 4.78 is 23.1. The highest BCUT2D eigenvalue weighted by Gasteiger charge is 2.11. The molecule has 0 heterocycles. The van der Waals surface area contributed by atoms with E-state index in [1.54, 1.807) is 18.2 Å². The lowest BCUT2D eigenvalue weighted by atomic mass is 10.1. The Morgan fingerprint density at radius 2 is 1.96 bits per heavy atom. The molecule has 0 radical (unpaired) electrons. The van der Waals surface area contributed by atoms with Crippen molar-refractivity contribution in [1.82, 2.24) is 0 Å². The highest BCUT2D eigenvalue weighted by atomic mass is 19.1. The van der Waals surface area contributed by atoms with Gasteiger partial charge in [0.1, 0.15) is 11.6 Å². The lowest BCUT2D eigenvalue weighted by molar-refractivity contribution is -0.146. The van der Waals surface area contributed by atoms with Crippen molar-refractivity contribution in [2.45, 2.75) is 13.3 Å². The third kappa shape index (κ3) is 5.08. The Labute approximate surface area is 139 Å². The molecular weight excluding hydrogens is 313 g/mol. The molecule has 0 unspecified atom stereocenters. The molecular formula is C18H18FNO4. The van der Waals surface area contributed by atoms with Gasteiger partial charge in [-0.05, 0) is 42.3 Å². The first-order valence-corrected chi connectivity index (χ1v) is 7.32. The average Bonchev–Trinajstić information content (AvgIpc) is 2.53. The predicted octanol–water partition coefficient (Wildman–Crippen LogP) is 2.87. The maximum atomic E-state index is 13.0. The summed E-state index contributed by atoms with van der Waals surface area (Å²) in [5, 5.41) is 2.63. The van der Waals surface area contributed by atoms with Crippen LogP contribution in [0.4, 0.5) is 10.1 Å². The number of carbonyl (C=O) groups is 2. The van der Waals surface area contributed by atoms with Crippen molar-refractivity contribution in [3.05, 3.63) is 59.4 Å². The number of anilines is 1. The van der Waals surface area contributed by atoms with Crippen LogP contribution in [-0.4, -0.2) is 25.6 Å². The topological polar surface area (TPSA) is 64.6 Å². The number of amides is 1. The van der Waals surface area contributed by atoms with Crippen molar-refractivity contribution >= 4 is 17.6 Å². The number of esters is 1. The second kappa shape index (κ2) is 8.10. The summed E-state index contributed by atoms with van der Waals surface area (Å²) in [7, 11) is 1.50. The summed E-state index contributed by atoms with van der Waals surface area (Å²) in [6.07, 6.45) is -0.0984. The molecule has 1 N–H and O–H groups in total. The van der Waals surface area contributed by atoms with Crippen LogP contribution >= 0.6 is 0 Å². The van der Waals surface area contributed by atoms with Crippen LogP contribution in [0.1, 0.15) is 11.1 Å². The smallest absolute Gasteiger partial charge is 0.310 e. The van der Waals surface area contributed by atoms with Gasteiger partial charge in [0.15, 0.2) is 6.61 Å². The van der Waals surface area contributed by atoms with E-state index < -0.39 is 24.3 Å². The van der Waals surface area contributed by atoms with E-state index in [0.29, 0.717) is 17.0 Å². The van der Waals surface area contributed by atoms with Crippen molar-refractivity contribution in [1.29, 1.82) is 0 Å². The Kier molecular flexibility index (Phi) is 5.89. The molecule has 0 aromatic heterocycles. The van der Waals surface area contributed by atoms with Crippen molar-refractivity contribution in [3.8, 4) is 5.75 Å².